The van der Waals surface area contributed by atoms with Gasteiger partial charge in [-0.1, -0.05) is 18.2 Å². The summed E-state index contributed by atoms with van der Waals surface area (Å²) in [4.78, 5) is 35.6. The zero-order valence-corrected chi connectivity index (χ0v) is 12.5. The first-order valence-electron chi connectivity index (χ1n) is 6.89. The van der Waals surface area contributed by atoms with Gasteiger partial charge in [-0.2, -0.15) is 5.10 Å². The van der Waals surface area contributed by atoms with E-state index in [0.29, 0.717) is 10.8 Å². The number of nitrogens with one attached hydrogen (secondary N) is 2. The molecule has 2 rings (SSSR count). The van der Waals surface area contributed by atoms with Crippen LogP contribution < -0.4 is 10.9 Å². The van der Waals surface area contributed by atoms with Crippen molar-refractivity contribution >= 4 is 22.6 Å². The molecular weight excluding hydrogens is 286 g/mol. The number of benzene rings is 1. The Labute approximate surface area is 126 Å². The molecule has 7 nitrogen and oxygen atoms in total. The maximum absolute atomic E-state index is 12.2. The third kappa shape index (κ3) is 3.30. The number of ether oxygens (including phenoxy) is 1. The summed E-state index contributed by atoms with van der Waals surface area (Å²) in [6.07, 6.45) is -0.956. The number of hydrogen-bond acceptors (Lipinski definition) is 5. The summed E-state index contributed by atoms with van der Waals surface area (Å²) in [6, 6.07) is 6.51. The molecule has 0 spiro atoms. The molecule has 7 heteroatoms. The number of fused-ring (bicyclic) bond motifs is 1. The predicted molar refractivity (Wildman–Crippen MR) is 80.5 cm³/mol. The van der Waals surface area contributed by atoms with Gasteiger partial charge in [0.2, 0.25) is 0 Å². The molecule has 0 radical (unpaired) electrons. The van der Waals surface area contributed by atoms with E-state index in [9.17, 15) is 14.4 Å². The Kier molecular flexibility index (Phi) is 4.55. The van der Waals surface area contributed by atoms with Crippen molar-refractivity contribution in [2.75, 3.05) is 0 Å². The van der Waals surface area contributed by atoms with Gasteiger partial charge in [-0.3, -0.25) is 9.59 Å². The number of hydrogen-bond donors (Lipinski definition) is 2. The second-order valence-electron chi connectivity index (χ2n) is 5.16. The van der Waals surface area contributed by atoms with Crippen molar-refractivity contribution in [3.05, 3.63) is 40.3 Å². The van der Waals surface area contributed by atoms with Gasteiger partial charge >= 0.3 is 5.97 Å². The third-order valence-electron chi connectivity index (χ3n) is 2.97. The van der Waals surface area contributed by atoms with E-state index in [1.54, 1.807) is 24.3 Å². The predicted octanol–water partition coefficient (Wildman–Crippen LogP) is 0.993. The summed E-state index contributed by atoms with van der Waals surface area (Å²) in [5, 5.41) is 9.36. The topological polar surface area (TPSA) is 101 Å². The van der Waals surface area contributed by atoms with Crippen LogP contribution >= 0.6 is 0 Å². The monoisotopic (exact) mass is 303 g/mol. The quantitative estimate of drug-likeness (QED) is 0.820. The van der Waals surface area contributed by atoms with Crippen molar-refractivity contribution in [1.29, 1.82) is 0 Å². The summed E-state index contributed by atoms with van der Waals surface area (Å²) < 4.78 is 5.11. The normalized spacial score (nSPS) is 12.2. The fourth-order valence-electron chi connectivity index (χ4n) is 1.94. The van der Waals surface area contributed by atoms with Gasteiger partial charge < -0.3 is 10.1 Å². The van der Waals surface area contributed by atoms with Crippen LogP contribution in [-0.4, -0.2) is 34.2 Å². The highest BCUT2D eigenvalue weighted by Crippen LogP contribution is 2.14. The zero-order chi connectivity index (χ0) is 16.3. The summed E-state index contributed by atoms with van der Waals surface area (Å²) >= 11 is 0. The average molecular weight is 303 g/mol. The summed E-state index contributed by atoms with van der Waals surface area (Å²) in [5.41, 5.74) is -0.419. The molecule has 22 heavy (non-hydrogen) atoms. The van der Waals surface area contributed by atoms with Crippen LogP contribution in [0.3, 0.4) is 0 Å². The SMILES string of the molecule is CC(C)NC(=O)[C@@H](C)OC(=O)c1n[nH]c(=O)c2ccccc12. The lowest BCUT2D eigenvalue weighted by Gasteiger charge is -2.15. The van der Waals surface area contributed by atoms with Crippen LogP contribution in [0.5, 0.6) is 0 Å². The number of nitrogens with zero attached hydrogens (tertiary/aromatic N) is 1. The summed E-state index contributed by atoms with van der Waals surface area (Å²) in [7, 11) is 0. The average Bonchev–Trinajstić information content (AvgIpc) is 2.47. The Hall–Kier alpha value is -2.70. The molecule has 0 aliphatic heterocycles. The first kappa shape index (κ1) is 15.7. The number of H-pyrrole nitrogens is 1. The molecule has 0 unspecified atom stereocenters. The smallest absolute Gasteiger partial charge is 0.360 e. The first-order chi connectivity index (χ1) is 10.4. The highest BCUT2D eigenvalue weighted by Gasteiger charge is 2.22. The van der Waals surface area contributed by atoms with Gasteiger partial charge in [0.15, 0.2) is 11.8 Å². The molecule has 0 fully saturated rings. The summed E-state index contributed by atoms with van der Waals surface area (Å²) in [5.74, 6) is -1.16. The highest BCUT2D eigenvalue weighted by atomic mass is 16.5. The molecule has 0 aliphatic carbocycles. The van der Waals surface area contributed by atoms with E-state index >= 15 is 0 Å². The van der Waals surface area contributed by atoms with Crippen LogP contribution in [0.2, 0.25) is 0 Å². The fourth-order valence-corrected chi connectivity index (χ4v) is 1.94. The summed E-state index contributed by atoms with van der Waals surface area (Å²) in [6.45, 7) is 5.09. The van der Waals surface area contributed by atoms with Crippen LogP contribution in [0.1, 0.15) is 31.3 Å². The van der Waals surface area contributed by atoms with Crippen molar-refractivity contribution < 1.29 is 14.3 Å². The molecule has 1 heterocycles. The standard InChI is InChI=1S/C15H17N3O4/c1-8(2)16-13(19)9(3)22-15(21)12-10-6-4-5-7-11(10)14(20)18-17-12/h4-9H,1-3H3,(H,16,19)(H,18,20)/t9-/m1/s1. The lowest BCUT2D eigenvalue weighted by atomic mass is 10.1. The molecule has 0 aliphatic rings. The Morgan fingerprint density at radius 1 is 1.18 bits per heavy atom. The van der Waals surface area contributed by atoms with Crippen LogP contribution in [0.15, 0.2) is 29.1 Å². The molecule has 2 N–H and O–H groups in total. The second kappa shape index (κ2) is 6.38. The molecule has 1 atom stereocenters. The van der Waals surface area contributed by atoms with Gasteiger partial charge in [-0.05, 0) is 26.8 Å². The lowest BCUT2D eigenvalue weighted by molar-refractivity contribution is -0.129. The van der Waals surface area contributed by atoms with Gasteiger partial charge in [0.25, 0.3) is 11.5 Å². The molecular formula is C15H17N3O4. The van der Waals surface area contributed by atoms with E-state index < -0.39 is 23.5 Å². The maximum Gasteiger partial charge on any atom is 0.360 e. The van der Waals surface area contributed by atoms with Crippen LogP contribution in [-0.2, 0) is 9.53 Å². The van der Waals surface area contributed by atoms with Gasteiger partial charge in [-0.25, -0.2) is 9.89 Å². The molecule has 0 saturated carbocycles. The van der Waals surface area contributed by atoms with Crippen LogP contribution in [0.25, 0.3) is 10.8 Å². The van der Waals surface area contributed by atoms with Crippen molar-refractivity contribution in [2.24, 2.45) is 0 Å². The van der Waals surface area contributed by atoms with E-state index in [1.165, 1.54) is 6.92 Å². The molecule has 1 aromatic carbocycles. The van der Waals surface area contributed by atoms with Gasteiger partial charge in [0.1, 0.15) is 0 Å². The number of amides is 1. The largest absolute Gasteiger partial charge is 0.448 e. The van der Waals surface area contributed by atoms with E-state index in [4.69, 9.17) is 4.74 Å². The molecule has 2 aromatic rings. The molecule has 116 valence electrons. The van der Waals surface area contributed by atoms with E-state index in [0.717, 1.165) is 0 Å². The minimum Gasteiger partial charge on any atom is -0.448 e. The molecule has 0 bridgehead atoms. The Bertz CT molecular complexity index is 767. The molecule has 0 saturated heterocycles. The van der Waals surface area contributed by atoms with Crippen molar-refractivity contribution in [1.82, 2.24) is 15.5 Å². The van der Waals surface area contributed by atoms with Gasteiger partial charge in [0.05, 0.1) is 5.39 Å². The minimum absolute atomic E-state index is 0.0283. The van der Waals surface area contributed by atoms with Crippen LogP contribution in [0, 0.1) is 0 Å². The Balaban J connectivity index is 2.26. The number of aromatic amines is 1. The van der Waals surface area contributed by atoms with Crippen molar-refractivity contribution in [2.45, 2.75) is 32.9 Å². The fraction of sp³-hybridized carbons (Fsp3) is 0.333. The third-order valence-corrected chi connectivity index (χ3v) is 2.97. The van der Waals surface area contributed by atoms with E-state index in [2.05, 4.69) is 15.5 Å². The van der Waals surface area contributed by atoms with Gasteiger partial charge in [-0.15, -0.1) is 0 Å². The number of carbonyl (C=O) groups is 2. The van der Waals surface area contributed by atoms with Gasteiger partial charge in [0, 0.05) is 11.4 Å². The molecule has 1 aromatic heterocycles. The number of carbonyl (C=O) groups excluding carboxylic acids is 2. The highest BCUT2D eigenvalue weighted by molar-refractivity contribution is 6.02. The first-order valence-corrected chi connectivity index (χ1v) is 6.89. The zero-order valence-electron chi connectivity index (χ0n) is 12.5. The van der Waals surface area contributed by atoms with Crippen molar-refractivity contribution in [3.8, 4) is 0 Å². The van der Waals surface area contributed by atoms with E-state index in [-0.39, 0.29) is 11.7 Å². The number of esters is 1. The maximum atomic E-state index is 12.2. The second-order valence-corrected chi connectivity index (χ2v) is 5.16. The van der Waals surface area contributed by atoms with Crippen molar-refractivity contribution in [3.63, 3.8) is 0 Å². The Morgan fingerprint density at radius 3 is 2.45 bits per heavy atom. The van der Waals surface area contributed by atoms with E-state index in [1.807, 2.05) is 13.8 Å². The van der Waals surface area contributed by atoms with Crippen LogP contribution in [0.4, 0.5) is 0 Å². The molecule has 1 amide bonds. The lowest BCUT2D eigenvalue weighted by Crippen LogP contribution is -2.39. The number of aromatic nitrogens is 2. The minimum atomic E-state index is -0.956. The number of rotatable bonds is 4. The Morgan fingerprint density at radius 2 is 1.82 bits per heavy atom.